The summed E-state index contributed by atoms with van der Waals surface area (Å²) in [6.07, 6.45) is 5.47. The Hall–Kier alpha value is -1.21. The van der Waals surface area contributed by atoms with Crippen LogP contribution in [0.2, 0.25) is 0 Å². The standard InChI is InChI=1S/C16H25N3O3/c1-21-11-4-7-19(8-5-11)15-13(17)9-14(16(15)20)22-12-3-2-6-18-10-12/h2-3,6,10-11,13-16,20H,4-5,7-9,17H2,1H3/t13-,14-,15+,16+/m1/s1. The highest BCUT2D eigenvalue weighted by molar-refractivity contribution is 5.17. The fraction of sp³-hybridized carbons (Fsp3) is 0.688. The van der Waals surface area contributed by atoms with Crippen molar-refractivity contribution in [1.82, 2.24) is 9.88 Å². The Morgan fingerprint density at radius 3 is 2.77 bits per heavy atom. The van der Waals surface area contributed by atoms with Gasteiger partial charge in [0.25, 0.3) is 0 Å². The summed E-state index contributed by atoms with van der Waals surface area (Å²) in [7, 11) is 1.76. The van der Waals surface area contributed by atoms with Gasteiger partial charge in [-0.15, -0.1) is 0 Å². The van der Waals surface area contributed by atoms with Crippen molar-refractivity contribution in [1.29, 1.82) is 0 Å². The number of methoxy groups -OCH3 is 1. The summed E-state index contributed by atoms with van der Waals surface area (Å²) in [6.45, 7) is 1.82. The SMILES string of the molecule is COC1CCN([C@@H]2[C@@H](O)[C@H](Oc3cccnc3)C[C@H]2N)CC1. The second-order valence-corrected chi connectivity index (χ2v) is 6.20. The van der Waals surface area contributed by atoms with Crippen LogP contribution in [0.5, 0.6) is 5.75 Å². The van der Waals surface area contributed by atoms with Gasteiger partial charge in [-0.25, -0.2) is 0 Å². The zero-order chi connectivity index (χ0) is 15.5. The lowest BCUT2D eigenvalue weighted by molar-refractivity contribution is -0.0214. The second-order valence-electron chi connectivity index (χ2n) is 6.20. The Bertz CT molecular complexity index is 465. The van der Waals surface area contributed by atoms with Gasteiger partial charge in [0.2, 0.25) is 0 Å². The number of hydrogen-bond donors (Lipinski definition) is 2. The van der Waals surface area contributed by atoms with Crippen molar-refractivity contribution in [3.8, 4) is 5.75 Å². The predicted molar refractivity (Wildman–Crippen MR) is 82.6 cm³/mol. The van der Waals surface area contributed by atoms with Crippen molar-refractivity contribution in [2.24, 2.45) is 5.73 Å². The van der Waals surface area contributed by atoms with Crippen LogP contribution in [0.25, 0.3) is 0 Å². The molecule has 1 aromatic heterocycles. The number of aliphatic hydroxyl groups excluding tert-OH is 1. The summed E-state index contributed by atoms with van der Waals surface area (Å²) in [6, 6.07) is 3.56. The highest BCUT2D eigenvalue weighted by Gasteiger charge is 2.45. The lowest BCUT2D eigenvalue weighted by Crippen LogP contribution is -2.54. The Balaban J connectivity index is 1.62. The van der Waals surface area contributed by atoms with E-state index in [2.05, 4.69) is 9.88 Å². The molecule has 1 saturated heterocycles. The molecule has 1 aliphatic heterocycles. The smallest absolute Gasteiger partial charge is 0.138 e. The summed E-state index contributed by atoms with van der Waals surface area (Å²) >= 11 is 0. The summed E-state index contributed by atoms with van der Waals surface area (Å²) in [5.41, 5.74) is 6.28. The van der Waals surface area contributed by atoms with Crippen LogP contribution in [0.3, 0.4) is 0 Å². The number of likely N-dealkylation sites (tertiary alicyclic amines) is 1. The minimum Gasteiger partial charge on any atom is -0.486 e. The number of rotatable bonds is 4. The molecule has 6 heteroatoms. The van der Waals surface area contributed by atoms with Gasteiger partial charge in [0.1, 0.15) is 18.0 Å². The first-order valence-corrected chi connectivity index (χ1v) is 7.96. The van der Waals surface area contributed by atoms with Crippen LogP contribution in [0, 0.1) is 0 Å². The molecule has 0 spiro atoms. The van der Waals surface area contributed by atoms with Gasteiger partial charge in [0.15, 0.2) is 0 Å². The fourth-order valence-electron chi connectivity index (χ4n) is 3.63. The monoisotopic (exact) mass is 307 g/mol. The van der Waals surface area contributed by atoms with E-state index in [1.807, 2.05) is 12.1 Å². The topological polar surface area (TPSA) is 80.8 Å². The first-order chi connectivity index (χ1) is 10.7. The van der Waals surface area contributed by atoms with Gasteiger partial charge in [-0.3, -0.25) is 9.88 Å². The van der Waals surface area contributed by atoms with Crippen molar-refractivity contribution in [2.75, 3.05) is 20.2 Å². The average Bonchev–Trinajstić information content (AvgIpc) is 2.82. The molecular formula is C16H25N3O3. The van der Waals surface area contributed by atoms with E-state index in [1.54, 1.807) is 19.5 Å². The van der Waals surface area contributed by atoms with Crippen LogP contribution < -0.4 is 10.5 Å². The summed E-state index contributed by atoms with van der Waals surface area (Å²) < 4.78 is 11.3. The fourth-order valence-corrected chi connectivity index (χ4v) is 3.63. The van der Waals surface area contributed by atoms with E-state index < -0.39 is 6.10 Å². The Labute approximate surface area is 131 Å². The molecular weight excluding hydrogens is 282 g/mol. The molecule has 0 bridgehead atoms. The maximum Gasteiger partial charge on any atom is 0.138 e. The zero-order valence-corrected chi connectivity index (χ0v) is 13.0. The molecule has 122 valence electrons. The van der Waals surface area contributed by atoms with Gasteiger partial charge in [-0.05, 0) is 25.0 Å². The molecule has 3 N–H and O–H groups in total. The molecule has 1 saturated carbocycles. The predicted octanol–water partition coefficient (Wildman–Crippen LogP) is 0.400. The van der Waals surface area contributed by atoms with Crippen molar-refractivity contribution in [2.45, 2.75) is 49.7 Å². The van der Waals surface area contributed by atoms with Crippen molar-refractivity contribution < 1.29 is 14.6 Å². The van der Waals surface area contributed by atoms with Crippen molar-refractivity contribution in [3.63, 3.8) is 0 Å². The highest BCUT2D eigenvalue weighted by atomic mass is 16.5. The van der Waals surface area contributed by atoms with E-state index >= 15 is 0 Å². The van der Waals surface area contributed by atoms with E-state index in [9.17, 15) is 5.11 Å². The molecule has 1 aliphatic carbocycles. The summed E-state index contributed by atoms with van der Waals surface area (Å²) in [5, 5.41) is 10.7. The molecule has 2 aliphatic rings. The van der Waals surface area contributed by atoms with Crippen molar-refractivity contribution in [3.05, 3.63) is 24.5 Å². The average molecular weight is 307 g/mol. The van der Waals surface area contributed by atoms with Crippen molar-refractivity contribution >= 4 is 0 Å². The van der Waals surface area contributed by atoms with E-state index in [0.717, 1.165) is 25.9 Å². The molecule has 6 nitrogen and oxygen atoms in total. The molecule has 1 aromatic rings. The van der Waals surface area contributed by atoms with E-state index in [1.165, 1.54) is 0 Å². The third-order valence-electron chi connectivity index (χ3n) is 4.83. The summed E-state index contributed by atoms with van der Waals surface area (Å²) in [4.78, 5) is 6.32. The van der Waals surface area contributed by atoms with E-state index in [4.69, 9.17) is 15.2 Å². The third kappa shape index (κ3) is 3.25. The lowest BCUT2D eigenvalue weighted by Gasteiger charge is -2.38. The number of aliphatic hydroxyl groups is 1. The normalized spacial score (nSPS) is 34.0. The van der Waals surface area contributed by atoms with Crippen LogP contribution in [0.1, 0.15) is 19.3 Å². The molecule has 3 rings (SSSR count). The molecule has 22 heavy (non-hydrogen) atoms. The number of nitrogens with two attached hydrogens (primary N) is 1. The molecule has 0 amide bonds. The van der Waals surface area contributed by atoms with Crippen LogP contribution in [0.4, 0.5) is 0 Å². The van der Waals surface area contributed by atoms with Gasteiger partial charge in [0, 0.05) is 38.9 Å². The lowest BCUT2D eigenvalue weighted by atomic mass is 10.0. The number of piperidine rings is 1. The summed E-state index contributed by atoms with van der Waals surface area (Å²) in [5.74, 6) is 0.678. The van der Waals surface area contributed by atoms with Crippen LogP contribution >= 0.6 is 0 Å². The number of aromatic nitrogens is 1. The first-order valence-electron chi connectivity index (χ1n) is 7.96. The van der Waals surface area contributed by atoms with E-state index in [-0.39, 0.29) is 18.2 Å². The minimum atomic E-state index is -0.575. The van der Waals surface area contributed by atoms with Crippen LogP contribution in [-0.2, 0) is 4.74 Å². The molecule has 2 heterocycles. The molecule has 0 unspecified atom stereocenters. The Morgan fingerprint density at radius 1 is 1.36 bits per heavy atom. The second kappa shape index (κ2) is 6.91. The quantitative estimate of drug-likeness (QED) is 0.838. The number of nitrogens with zero attached hydrogens (tertiary/aromatic N) is 2. The largest absolute Gasteiger partial charge is 0.486 e. The third-order valence-corrected chi connectivity index (χ3v) is 4.83. The Kier molecular flexibility index (Phi) is 4.93. The van der Waals surface area contributed by atoms with Gasteiger partial charge in [0.05, 0.1) is 18.3 Å². The Morgan fingerprint density at radius 2 is 2.14 bits per heavy atom. The molecule has 2 fully saturated rings. The van der Waals surface area contributed by atoms with Gasteiger partial charge in [-0.2, -0.15) is 0 Å². The number of pyridine rings is 1. The number of ether oxygens (including phenoxy) is 2. The molecule has 0 aromatic carbocycles. The van der Waals surface area contributed by atoms with Gasteiger partial charge < -0.3 is 20.3 Å². The number of hydrogen-bond acceptors (Lipinski definition) is 6. The minimum absolute atomic E-state index is 0.0422. The van der Waals surface area contributed by atoms with Crippen LogP contribution in [-0.4, -0.2) is 65.6 Å². The molecule has 0 radical (unpaired) electrons. The van der Waals surface area contributed by atoms with Crippen LogP contribution in [0.15, 0.2) is 24.5 Å². The zero-order valence-electron chi connectivity index (χ0n) is 13.0. The first kappa shape index (κ1) is 15.7. The van der Waals surface area contributed by atoms with Gasteiger partial charge >= 0.3 is 0 Å². The maximum atomic E-state index is 10.7. The molecule has 4 atom stereocenters. The van der Waals surface area contributed by atoms with Gasteiger partial charge in [-0.1, -0.05) is 0 Å². The van der Waals surface area contributed by atoms with E-state index in [0.29, 0.717) is 18.3 Å². The highest BCUT2D eigenvalue weighted by Crippen LogP contribution is 2.30. The maximum absolute atomic E-state index is 10.7.